The summed E-state index contributed by atoms with van der Waals surface area (Å²) in [6.45, 7) is 0. The Morgan fingerprint density at radius 1 is 0.385 bits per heavy atom. The molecule has 6 rings (SSSR count). The number of nitrogen functional groups attached to an aromatic ring is 2. The van der Waals surface area contributed by atoms with Gasteiger partial charge >= 0.3 is 0 Å². The van der Waals surface area contributed by atoms with Crippen molar-refractivity contribution < 1.29 is 77.8 Å². The molecule has 0 atom stereocenters. The maximum absolute atomic E-state index is 12.5. The smallest absolute Gasteiger partial charge is 0.296 e. The molecule has 0 saturated heterocycles. The number of benzene rings is 6. The quantitative estimate of drug-likeness (QED) is 0.0255. The predicted octanol–water partition coefficient (Wildman–Crippen LogP) is 5.26. The maximum atomic E-state index is 12.5. The van der Waals surface area contributed by atoms with Gasteiger partial charge < -0.3 is 11.5 Å². The van der Waals surface area contributed by atoms with Crippen molar-refractivity contribution in [2.24, 2.45) is 20.5 Å². The Labute approximate surface area is 390 Å². The molecule has 0 aliphatic rings. The second kappa shape index (κ2) is 17.9. The predicted molar refractivity (Wildman–Crippen MR) is 232 cm³/mol. The SMILES string of the molecule is Nc1c(S(=O)(=O)O)cc2cc(S(=O)(=O)O)ccc2c1N=Nc1ccc(C=Cc2ccc(N=Nc3c(N)c(S(=O)(=O)O)cc4cc(S(=O)(=O)O)ccc34)cc2S(=O)(=O)O)c(S(=O)(=O)O)c1.[Na]. The molecule has 6 aromatic carbocycles. The van der Waals surface area contributed by atoms with E-state index < -0.39 is 113 Å². The first-order valence-electron chi connectivity index (χ1n) is 16.7. The van der Waals surface area contributed by atoms with Crippen molar-refractivity contribution in [2.75, 3.05) is 11.5 Å². The normalized spacial score (nSPS) is 13.3. The standard InChI is InChI=1S/C34H26N6O18S6.Na/c35-31-29(63(53,54)55)13-19-11-23(59(41,42)43)7-9-25(19)33(31)39-37-21-5-3-17(27(15-21)61(47,48)49)1-2-18-4-6-22(16-28(18)62(50,51)52)38-40-34-26-10-8-24(60(44,45)46)12-20(26)14-30(32(34)36)64(56,57)58;/h1-16H,35-36H2,(H,41,42,43)(H,44,45,46)(H,47,48,49)(H,50,51,52)(H,53,54,55)(H,56,57,58);. The van der Waals surface area contributed by atoms with Gasteiger partial charge in [0.05, 0.1) is 32.5 Å². The third-order valence-corrected chi connectivity index (χ3v) is 14.2. The molecule has 0 heterocycles. The molecular weight excluding hydrogens is 996 g/mol. The Bertz CT molecular complexity index is 3560. The van der Waals surface area contributed by atoms with Gasteiger partial charge in [-0.05, 0) is 82.6 Å². The fourth-order valence-corrected chi connectivity index (χ4v) is 9.70. The Morgan fingerprint density at radius 2 is 0.708 bits per heavy atom. The molecule has 0 unspecified atom stereocenters. The number of fused-ring (bicyclic) bond motifs is 2. The number of nitrogens with zero attached hydrogens (tertiary/aromatic N) is 4. The average Bonchev–Trinajstić information content (AvgIpc) is 3.16. The molecule has 0 amide bonds. The van der Waals surface area contributed by atoms with Crippen molar-refractivity contribution in [3.05, 3.63) is 96.1 Å². The fourth-order valence-electron chi connectivity index (χ4n) is 5.96. The van der Waals surface area contributed by atoms with E-state index in [-0.39, 0.29) is 73.6 Å². The van der Waals surface area contributed by atoms with Crippen LogP contribution in [0.4, 0.5) is 34.1 Å². The van der Waals surface area contributed by atoms with E-state index in [4.69, 9.17) is 11.5 Å². The van der Waals surface area contributed by atoms with Crippen LogP contribution < -0.4 is 11.5 Å². The van der Waals surface area contributed by atoms with E-state index in [2.05, 4.69) is 20.5 Å². The van der Waals surface area contributed by atoms with Gasteiger partial charge in [0.15, 0.2) is 0 Å². The van der Waals surface area contributed by atoms with Crippen LogP contribution in [0.2, 0.25) is 0 Å². The molecule has 0 aliphatic heterocycles. The monoisotopic (exact) mass is 1020 g/mol. The fraction of sp³-hybridized carbons (Fsp3) is 0. The van der Waals surface area contributed by atoms with E-state index in [9.17, 15) is 77.8 Å². The number of hydrogen-bond donors (Lipinski definition) is 8. The van der Waals surface area contributed by atoms with Crippen LogP contribution in [-0.4, -0.2) is 107 Å². The Balaban J connectivity index is 0.00000793. The largest absolute Gasteiger partial charge is 0.396 e. The van der Waals surface area contributed by atoms with Crippen LogP contribution >= 0.6 is 0 Å². The second-order valence-corrected chi connectivity index (χ2v) is 21.5. The average molecular weight is 1020 g/mol. The summed E-state index contributed by atoms with van der Waals surface area (Å²) >= 11 is 0. The molecule has 24 nitrogen and oxygen atoms in total. The zero-order valence-electron chi connectivity index (χ0n) is 32.2. The summed E-state index contributed by atoms with van der Waals surface area (Å²) in [7, 11) is -29.9. The molecule has 0 spiro atoms. The Kier molecular flexibility index (Phi) is 14.0. The van der Waals surface area contributed by atoms with Gasteiger partial charge in [0.25, 0.3) is 60.7 Å². The first kappa shape index (κ1) is 50.8. The molecule has 31 heteroatoms. The summed E-state index contributed by atoms with van der Waals surface area (Å²) in [5, 5.41) is 15.0. The van der Waals surface area contributed by atoms with Crippen molar-refractivity contribution in [3.63, 3.8) is 0 Å². The van der Waals surface area contributed by atoms with Crippen LogP contribution in [-0.2, 0) is 60.7 Å². The van der Waals surface area contributed by atoms with Crippen LogP contribution in [0.15, 0.2) is 135 Å². The number of anilines is 2. The van der Waals surface area contributed by atoms with Gasteiger partial charge in [-0.2, -0.15) is 60.7 Å². The number of nitrogens with two attached hydrogens (primary N) is 2. The number of rotatable bonds is 12. The van der Waals surface area contributed by atoms with E-state index in [0.717, 1.165) is 97.1 Å². The third-order valence-electron chi connectivity index (χ3n) is 8.85. The van der Waals surface area contributed by atoms with Crippen molar-refractivity contribution >= 4 is 158 Å². The molecule has 337 valence electrons. The molecule has 0 aliphatic carbocycles. The molecule has 6 aromatic rings. The molecule has 0 fully saturated rings. The summed E-state index contributed by atoms with van der Waals surface area (Å²) in [5.74, 6) is 0. The Morgan fingerprint density at radius 3 is 1.00 bits per heavy atom. The van der Waals surface area contributed by atoms with E-state index in [1.54, 1.807) is 0 Å². The van der Waals surface area contributed by atoms with Crippen molar-refractivity contribution in [1.82, 2.24) is 0 Å². The van der Waals surface area contributed by atoms with Gasteiger partial charge in [0, 0.05) is 40.3 Å². The second-order valence-electron chi connectivity index (χ2n) is 13.1. The molecular formula is C34H26N6NaO18S6. The van der Waals surface area contributed by atoms with Gasteiger partial charge in [-0.3, -0.25) is 27.3 Å². The zero-order valence-corrected chi connectivity index (χ0v) is 39.1. The van der Waals surface area contributed by atoms with Crippen LogP contribution in [0.3, 0.4) is 0 Å². The molecule has 1 radical (unpaired) electrons. The molecule has 65 heavy (non-hydrogen) atoms. The van der Waals surface area contributed by atoms with E-state index >= 15 is 0 Å². The van der Waals surface area contributed by atoms with Crippen LogP contribution in [0.1, 0.15) is 11.1 Å². The van der Waals surface area contributed by atoms with Gasteiger partial charge in [-0.15, -0.1) is 10.2 Å². The first-order chi connectivity index (χ1) is 29.3. The van der Waals surface area contributed by atoms with E-state index in [1.165, 1.54) is 0 Å². The summed E-state index contributed by atoms with van der Waals surface area (Å²) in [6, 6.07) is 13.3. The minimum atomic E-state index is -5.12. The Hall–Kier alpha value is -5.16. The van der Waals surface area contributed by atoms with Crippen molar-refractivity contribution in [1.29, 1.82) is 0 Å². The minimum Gasteiger partial charge on any atom is -0.396 e. The van der Waals surface area contributed by atoms with Crippen LogP contribution in [0.5, 0.6) is 0 Å². The van der Waals surface area contributed by atoms with E-state index in [0.29, 0.717) is 0 Å². The summed E-state index contributed by atoms with van der Waals surface area (Å²) in [4.78, 5) is -4.87. The van der Waals surface area contributed by atoms with Crippen LogP contribution in [0, 0.1) is 0 Å². The minimum absolute atomic E-state index is 0. The zero-order chi connectivity index (χ0) is 47.5. The molecule has 10 N–H and O–H groups in total. The molecule has 0 bridgehead atoms. The first-order valence-corrected chi connectivity index (χ1v) is 25.3. The van der Waals surface area contributed by atoms with Gasteiger partial charge in [-0.1, -0.05) is 36.4 Å². The van der Waals surface area contributed by atoms with Crippen LogP contribution in [0.25, 0.3) is 33.7 Å². The molecule has 0 saturated carbocycles. The number of hydrogen-bond acceptors (Lipinski definition) is 18. The topological polar surface area (TPSA) is 428 Å². The summed E-state index contributed by atoms with van der Waals surface area (Å²) in [5.41, 5.74) is 8.41. The summed E-state index contributed by atoms with van der Waals surface area (Å²) in [6.07, 6.45) is 2.00. The summed E-state index contributed by atoms with van der Waals surface area (Å²) < 4.78 is 204. The van der Waals surface area contributed by atoms with Gasteiger partial charge in [0.1, 0.15) is 31.0 Å². The molecule has 0 aromatic heterocycles. The van der Waals surface area contributed by atoms with Crippen molar-refractivity contribution in [3.8, 4) is 0 Å². The van der Waals surface area contributed by atoms with Gasteiger partial charge in [-0.25, -0.2) is 0 Å². The third kappa shape index (κ3) is 11.3. The van der Waals surface area contributed by atoms with Gasteiger partial charge in [0.2, 0.25) is 0 Å². The number of azo groups is 2. The maximum Gasteiger partial charge on any atom is 0.296 e. The van der Waals surface area contributed by atoms with E-state index in [1.807, 2.05) is 0 Å². The van der Waals surface area contributed by atoms with Crippen molar-refractivity contribution in [2.45, 2.75) is 29.4 Å².